The Labute approximate surface area is 197 Å². The van der Waals surface area contributed by atoms with E-state index < -0.39 is 31.9 Å². The van der Waals surface area contributed by atoms with Gasteiger partial charge in [0.1, 0.15) is 6.04 Å². The van der Waals surface area contributed by atoms with Gasteiger partial charge in [0, 0.05) is 12.6 Å². The number of benzene rings is 1. The van der Waals surface area contributed by atoms with Gasteiger partial charge < -0.3 is 15.1 Å². The molecule has 128 valence electrons. The van der Waals surface area contributed by atoms with Gasteiger partial charge in [0.15, 0.2) is 0 Å². The molecule has 7 nitrogen and oxygen atoms in total. The number of hydrogen-bond acceptors (Lipinski definition) is 3. The summed E-state index contributed by atoms with van der Waals surface area (Å²) in [7, 11) is -3.95. The van der Waals surface area contributed by atoms with Crippen molar-refractivity contribution < 1.29 is 85.8 Å². The number of nitrogens with one attached hydrogen (secondary N) is 1. The minimum Gasteiger partial charge on any atom is -0.481 e. The maximum Gasteiger partial charge on any atom is 1.00 e. The molecule has 1 unspecified atom stereocenters. The Hall–Kier alpha value is 0.682. The van der Waals surface area contributed by atoms with Crippen molar-refractivity contribution >= 4 is 42.7 Å². The molecule has 0 heterocycles. The molecule has 26 heavy (non-hydrogen) atoms. The van der Waals surface area contributed by atoms with Crippen LogP contribution in [0.15, 0.2) is 18.2 Å². The van der Waals surface area contributed by atoms with Gasteiger partial charge in [-0.1, -0.05) is 29.3 Å². The Balaban J connectivity index is -0.00000176. The third kappa shape index (κ3) is 12.2. The van der Waals surface area contributed by atoms with Crippen LogP contribution >= 0.6 is 30.7 Å². The quantitative estimate of drug-likeness (QED) is 0.238. The summed E-state index contributed by atoms with van der Waals surface area (Å²) in [5.41, 5.74) is 0.674. The van der Waals surface area contributed by atoms with Crippen molar-refractivity contribution in [2.75, 3.05) is 6.16 Å². The molecule has 0 saturated carbocycles. The van der Waals surface area contributed by atoms with Crippen molar-refractivity contribution in [1.29, 1.82) is 0 Å². The predicted molar refractivity (Wildman–Crippen MR) is 86.3 cm³/mol. The van der Waals surface area contributed by atoms with Crippen LogP contribution in [0.3, 0.4) is 0 Å². The number of aliphatic carboxylic acids is 2. The van der Waals surface area contributed by atoms with Crippen molar-refractivity contribution in [3.63, 3.8) is 0 Å². The number of aryl methyl sites for hydroxylation is 1. The predicted octanol–water partition coefficient (Wildman–Crippen LogP) is -6.36. The first-order chi connectivity index (χ1) is 10.6. The van der Waals surface area contributed by atoms with E-state index in [9.17, 15) is 19.0 Å². The Morgan fingerprint density at radius 2 is 1.69 bits per heavy atom. The average molecular weight is 405 g/mol. The fourth-order valence-corrected chi connectivity index (χ4v) is 3.53. The standard InChI is InChI=1S/C13H16Cl2NO6P.3Li/c14-9-2-1-8(7-10(9)15)5-6-23(21,22)16-11(13(19)20)3-4-12(17)18;;;/h1-2,7,11H,3-6H2,(H,17,18)(H,19,20)(H2,16,21,22);;;/q;3*+1/t11-;;;/m0.../s1. The molecule has 13 heteroatoms. The molecule has 0 aliphatic heterocycles. The van der Waals surface area contributed by atoms with Gasteiger partial charge in [-0.15, -0.1) is 0 Å². The van der Waals surface area contributed by atoms with Crippen molar-refractivity contribution in [2.24, 2.45) is 0 Å². The molecule has 0 amide bonds. The number of carboxylic acid groups (broad SMARTS) is 2. The van der Waals surface area contributed by atoms with Gasteiger partial charge in [0.25, 0.3) is 7.52 Å². The Morgan fingerprint density at radius 3 is 2.15 bits per heavy atom. The summed E-state index contributed by atoms with van der Waals surface area (Å²) >= 11 is 11.6. The number of carboxylic acids is 2. The second kappa shape index (κ2) is 14.6. The Kier molecular flexibility index (Phi) is 17.7. The van der Waals surface area contributed by atoms with Gasteiger partial charge in [0.05, 0.1) is 10.0 Å². The molecular weight excluding hydrogens is 389 g/mol. The molecule has 0 aliphatic rings. The zero-order valence-electron chi connectivity index (χ0n) is 14.9. The van der Waals surface area contributed by atoms with E-state index in [1.54, 1.807) is 18.2 Å². The van der Waals surface area contributed by atoms with Gasteiger partial charge in [0.2, 0.25) is 0 Å². The fourth-order valence-electron chi connectivity index (χ4n) is 1.79. The first kappa shape index (κ1) is 31.4. The van der Waals surface area contributed by atoms with E-state index in [4.69, 9.17) is 33.4 Å². The smallest absolute Gasteiger partial charge is 0.481 e. The fraction of sp³-hybridized carbons (Fsp3) is 0.385. The average Bonchev–Trinajstić information content (AvgIpc) is 2.44. The molecule has 0 fully saturated rings. The van der Waals surface area contributed by atoms with E-state index in [0.717, 1.165) is 0 Å². The van der Waals surface area contributed by atoms with Crippen molar-refractivity contribution in [2.45, 2.75) is 25.3 Å². The normalized spacial score (nSPS) is 13.2. The summed E-state index contributed by atoms with van der Waals surface area (Å²) in [4.78, 5) is 31.4. The zero-order chi connectivity index (χ0) is 17.6. The maximum absolute atomic E-state index is 12.1. The topological polar surface area (TPSA) is 124 Å². The van der Waals surface area contributed by atoms with Gasteiger partial charge >= 0.3 is 68.5 Å². The largest absolute Gasteiger partial charge is 1.00 e. The number of carbonyl (C=O) groups is 2. The first-order valence-corrected chi connectivity index (χ1v) is 9.19. The van der Waals surface area contributed by atoms with Crippen LogP contribution in [0.2, 0.25) is 10.0 Å². The van der Waals surface area contributed by atoms with Gasteiger partial charge in [-0.25, -0.2) is 5.09 Å². The number of halogens is 2. The van der Waals surface area contributed by atoms with Crippen molar-refractivity contribution in [1.82, 2.24) is 5.09 Å². The Bertz CT molecular complexity index is 652. The molecule has 0 aromatic heterocycles. The monoisotopic (exact) mass is 404 g/mol. The molecule has 0 bridgehead atoms. The third-order valence-corrected chi connectivity index (χ3v) is 5.27. The third-order valence-electron chi connectivity index (χ3n) is 2.99. The van der Waals surface area contributed by atoms with E-state index in [2.05, 4.69) is 5.09 Å². The zero-order valence-corrected chi connectivity index (χ0v) is 17.3. The molecule has 0 aliphatic carbocycles. The van der Waals surface area contributed by atoms with Gasteiger partial charge in [-0.05, 0) is 30.5 Å². The van der Waals surface area contributed by atoms with E-state index >= 15 is 0 Å². The molecule has 1 aromatic rings. The van der Waals surface area contributed by atoms with Crippen LogP contribution in [0, 0.1) is 0 Å². The molecule has 0 spiro atoms. The van der Waals surface area contributed by atoms with Crippen LogP contribution in [-0.4, -0.2) is 39.2 Å². The molecule has 1 aromatic carbocycles. The summed E-state index contributed by atoms with van der Waals surface area (Å²) in [6.07, 6.45) is -0.747. The van der Waals surface area contributed by atoms with Crippen molar-refractivity contribution in [3.8, 4) is 0 Å². The van der Waals surface area contributed by atoms with Gasteiger partial charge in [-0.3, -0.25) is 14.2 Å². The van der Waals surface area contributed by atoms with E-state index in [1.165, 1.54) is 0 Å². The minimum atomic E-state index is -3.95. The summed E-state index contributed by atoms with van der Waals surface area (Å²) in [6.45, 7) is 0. The summed E-state index contributed by atoms with van der Waals surface area (Å²) in [6, 6.07) is 3.36. The molecule has 4 N–H and O–H groups in total. The first-order valence-electron chi connectivity index (χ1n) is 6.59. The minimum absolute atomic E-state index is 0. The van der Waals surface area contributed by atoms with Crippen LogP contribution in [0.1, 0.15) is 18.4 Å². The van der Waals surface area contributed by atoms with Crippen LogP contribution in [-0.2, 0) is 20.6 Å². The van der Waals surface area contributed by atoms with E-state index in [0.29, 0.717) is 15.6 Å². The second-order valence-corrected chi connectivity index (χ2v) is 7.80. The summed E-state index contributed by atoms with van der Waals surface area (Å²) in [5, 5.41) is 20.4. The van der Waals surface area contributed by atoms with Crippen LogP contribution in [0.25, 0.3) is 0 Å². The number of hydrogen-bond donors (Lipinski definition) is 4. The molecular formula is C13H16Cl2Li3NO6P+3. The van der Waals surface area contributed by atoms with E-state index in [1.807, 2.05) is 0 Å². The Morgan fingerprint density at radius 1 is 1.12 bits per heavy atom. The summed E-state index contributed by atoms with van der Waals surface area (Å²) < 4.78 is 12.1. The van der Waals surface area contributed by atoms with Crippen LogP contribution < -0.4 is 61.7 Å². The molecule has 2 atom stereocenters. The van der Waals surface area contributed by atoms with Crippen LogP contribution in [0.5, 0.6) is 0 Å². The SMILES string of the molecule is O=C(O)CC[C@H](NP(=O)(O)CCc1ccc(Cl)c(Cl)c1)C(=O)O.[Li+].[Li+].[Li+]. The molecule has 0 radical (unpaired) electrons. The maximum atomic E-state index is 12.1. The number of rotatable bonds is 9. The summed E-state index contributed by atoms with van der Waals surface area (Å²) in [5.74, 6) is -2.56. The molecule has 1 rings (SSSR count). The van der Waals surface area contributed by atoms with Crippen molar-refractivity contribution in [3.05, 3.63) is 33.8 Å². The van der Waals surface area contributed by atoms with E-state index in [-0.39, 0.29) is 75.6 Å². The van der Waals surface area contributed by atoms with Crippen LogP contribution in [0.4, 0.5) is 0 Å². The second-order valence-electron chi connectivity index (χ2n) is 4.88. The molecule has 0 saturated heterocycles. The van der Waals surface area contributed by atoms with Gasteiger partial charge in [-0.2, -0.15) is 0 Å².